The van der Waals surface area contributed by atoms with Gasteiger partial charge >= 0.3 is 5.63 Å². The zero-order chi connectivity index (χ0) is 19.0. The van der Waals surface area contributed by atoms with Crippen molar-refractivity contribution in [3.05, 3.63) is 81.3 Å². The van der Waals surface area contributed by atoms with E-state index in [1.54, 1.807) is 18.2 Å². The summed E-state index contributed by atoms with van der Waals surface area (Å²) in [6.45, 7) is 4.53. The molecule has 2 aromatic heterocycles. The van der Waals surface area contributed by atoms with Gasteiger partial charge in [-0.1, -0.05) is 29.8 Å². The third-order valence-electron chi connectivity index (χ3n) is 4.82. The highest BCUT2D eigenvalue weighted by atomic mass is 16.4. The predicted molar refractivity (Wildman–Crippen MR) is 106 cm³/mol. The minimum absolute atomic E-state index is 0.0280. The fraction of sp³-hybridized carbons (Fsp3) is 0.182. The molecule has 4 rings (SSSR count). The minimum atomic E-state index is -0.620. The van der Waals surface area contributed by atoms with E-state index in [0.717, 1.165) is 16.6 Å². The summed E-state index contributed by atoms with van der Waals surface area (Å²) in [4.78, 5) is 27.9. The summed E-state index contributed by atoms with van der Waals surface area (Å²) in [6.07, 6.45) is 0.680. The van der Waals surface area contributed by atoms with Gasteiger partial charge in [-0.05, 0) is 50.1 Å². The van der Waals surface area contributed by atoms with Crippen LogP contribution in [0, 0.1) is 13.8 Å². The van der Waals surface area contributed by atoms with E-state index in [-0.39, 0.29) is 5.56 Å². The van der Waals surface area contributed by atoms with E-state index in [1.807, 2.05) is 19.1 Å². The second kappa shape index (κ2) is 6.76. The molecule has 27 heavy (non-hydrogen) atoms. The summed E-state index contributed by atoms with van der Waals surface area (Å²) in [6, 6.07) is 15.0. The maximum atomic E-state index is 12.5. The first kappa shape index (κ1) is 17.1. The highest BCUT2D eigenvalue weighted by molar-refractivity contribution is 5.96. The van der Waals surface area contributed by atoms with Crippen molar-refractivity contribution < 1.29 is 9.21 Å². The van der Waals surface area contributed by atoms with Crippen molar-refractivity contribution >= 4 is 27.8 Å². The molecule has 4 aromatic rings. The van der Waals surface area contributed by atoms with Crippen LogP contribution in [0.25, 0.3) is 21.9 Å². The number of carbonyl (C=O) groups is 1. The molecule has 0 aliphatic carbocycles. The Kier molecular flexibility index (Phi) is 4.28. The van der Waals surface area contributed by atoms with Gasteiger partial charge in [0.25, 0.3) is 5.91 Å². The van der Waals surface area contributed by atoms with Gasteiger partial charge < -0.3 is 14.7 Å². The lowest BCUT2D eigenvalue weighted by Crippen LogP contribution is -2.30. The first-order chi connectivity index (χ1) is 13.0. The molecule has 0 radical (unpaired) electrons. The molecule has 0 saturated heterocycles. The number of H-pyrrole nitrogens is 1. The van der Waals surface area contributed by atoms with Crippen molar-refractivity contribution in [3.8, 4) is 0 Å². The molecule has 1 amide bonds. The van der Waals surface area contributed by atoms with Gasteiger partial charge in [0.05, 0.1) is 0 Å². The zero-order valence-corrected chi connectivity index (χ0v) is 15.3. The van der Waals surface area contributed by atoms with Crippen molar-refractivity contribution in [1.29, 1.82) is 0 Å². The summed E-state index contributed by atoms with van der Waals surface area (Å²) in [5, 5.41) is 4.74. The van der Waals surface area contributed by atoms with Gasteiger partial charge in [-0.15, -0.1) is 0 Å². The van der Waals surface area contributed by atoms with Crippen molar-refractivity contribution in [2.24, 2.45) is 0 Å². The molecule has 0 aliphatic rings. The number of amides is 1. The van der Waals surface area contributed by atoms with Gasteiger partial charge in [0, 0.05) is 28.5 Å². The minimum Gasteiger partial charge on any atom is -0.422 e. The molecule has 0 fully saturated rings. The number of rotatable bonds is 4. The Morgan fingerprint density at radius 3 is 2.78 bits per heavy atom. The van der Waals surface area contributed by atoms with Crippen LogP contribution in [0.2, 0.25) is 0 Å². The number of aryl methyl sites for hydroxylation is 2. The molecule has 0 atom stereocenters. The van der Waals surface area contributed by atoms with Crippen molar-refractivity contribution in [3.63, 3.8) is 0 Å². The molecule has 5 nitrogen and oxygen atoms in total. The lowest BCUT2D eigenvalue weighted by atomic mass is 10.1. The summed E-state index contributed by atoms with van der Waals surface area (Å²) in [5.41, 5.74) is 4.44. The second-order valence-electron chi connectivity index (χ2n) is 6.77. The number of aromatic nitrogens is 1. The second-order valence-corrected chi connectivity index (χ2v) is 6.77. The van der Waals surface area contributed by atoms with Gasteiger partial charge in [-0.3, -0.25) is 4.79 Å². The Balaban J connectivity index is 1.52. The number of aromatic amines is 1. The summed E-state index contributed by atoms with van der Waals surface area (Å²) in [5.74, 6) is -0.414. The first-order valence-electron chi connectivity index (χ1n) is 8.92. The van der Waals surface area contributed by atoms with Crippen LogP contribution in [0.15, 0.2) is 57.7 Å². The molecule has 0 bridgehead atoms. The average Bonchev–Trinajstić information content (AvgIpc) is 2.96. The van der Waals surface area contributed by atoms with Crippen molar-refractivity contribution in [2.75, 3.05) is 6.54 Å². The number of benzene rings is 2. The van der Waals surface area contributed by atoms with Crippen molar-refractivity contribution in [1.82, 2.24) is 10.3 Å². The van der Waals surface area contributed by atoms with Gasteiger partial charge in [-0.25, -0.2) is 4.79 Å². The third kappa shape index (κ3) is 3.24. The van der Waals surface area contributed by atoms with Crippen LogP contribution in [0.4, 0.5) is 0 Å². The third-order valence-corrected chi connectivity index (χ3v) is 4.82. The maximum absolute atomic E-state index is 12.5. The molecular weight excluding hydrogens is 340 g/mol. The number of hydrogen-bond acceptors (Lipinski definition) is 3. The topological polar surface area (TPSA) is 75.1 Å². The van der Waals surface area contributed by atoms with Crippen LogP contribution >= 0.6 is 0 Å². The number of carbonyl (C=O) groups excluding carboxylic acids is 1. The number of para-hydroxylation sites is 1. The Bertz CT molecular complexity index is 1220. The first-order valence-corrected chi connectivity index (χ1v) is 8.92. The van der Waals surface area contributed by atoms with Crippen LogP contribution in [-0.4, -0.2) is 17.4 Å². The Morgan fingerprint density at radius 2 is 1.93 bits per heavy atom. The van der Waals surface area contributed by atoms with E-state index in [2.05, 4.69) is 35.4 Å². The van der Waals surface area contributed by atoms with Gasteiger partial charge in [-0.2, -0.15) is 0 Å². The van der Waals surface area contributed by atoms with Crippen molar-refractivity contribution in [2.45, 2.75) is 20.3 Å². The zero-order valence-electron chi connectivity index (χ0n) is 15.3. The van der Waals surface area contributed by atoms with Gasteiger partial charge in [0.1, 0.15) is 11.1 Å². The van der Waals surface area contributed by atoms with Crippen LogP contribution in [0.5, 0.6) is 0 Å². The largest absolute Gasteiger partial charge is 0.422 e. The maximum Gasteiger partial charge on any atom is 0.349 e. The molecule has 0 spiro atoms. The van der Waals surface area contributed by atoms with E-state index >= 15 is 0 Å². The van der Waals surface area contributed by atoms with E-state index < -0.39 is 11.5 Å². The number of fused-ring (bicyclic) bond motifs is 2. The summed E-state index contributed by atoms with van der Waals surface area (Å²) >= 11 is 0. The molecule has 2 aromatic carbocycles. The summed E-state index contributed by atoms with van der Waals surface area (Å²) in [7, 11) is 0. The quantitative estimate of drug-likeness (QED) is 0.543. The fourth-order valence-corrected chi connectivity index (χ4v) is 3.43. The van der Waals surface area contributed by atoms with Crippen LogP contribution in [0.1, 0.15) is 27.2 Å². The average molecular weight is 360 g/mol. The Morgan fingerprint density at radius 1 is 1.11 bits per heavy atom. The molecule has 0 saturated carbocycles. The van der Waals surface area contributed by atoms with E-state index in [4.69, 9.17) is 4.42 Å². The van der Waals surface area contributed by atoms with E-state index in [1.165, 1.54) is 16.5 Å². The molecule has 2 N–H and O–H groups in total. The van der Waals surface area contributed by atoms with Crippen LogP contribution in [-0.2, 0) is 6.42 Å². The normalized spacial score (nSPS) is 11.2. The SMILES string of the molecule is Cc1ccc2[nH]c(C)c(CCNC(=O)c3cc4ccccc4oc3=O)c2c1. The van der Waals surface area contributed by atoms with Gasteiger partial charge in [0.15, 0.2) is 0 Å². The smallest absolute Gasteiger partial charge is 0.349 e. The van der Waals surface area contributed by atoms with Gasteiger partial charge in [0.2, 0.25) is 0 Å². The number of nitrogens with one attached hydrogen (secondary N) is 2. The molecule has 0 aliphatic heterocycles. The lowest BCUT2D eigenvalue weighted by Gasteiger charge is -2.06. The molecule has 136 valence electrons. The highest BCUT2D eigenvalue weighted by Crippen LogP contribution is 2.23. The molecule has 2 heterocycles. The Hall–Kier alpha value is -3.34. The van der Waals surface area contributed by atoms with Crippen LogP contribution in [0.3, 0.4) is 0 Å². The molecular formula is C22H20N2O3. The lowest BCUT2D eigenvalue weighted by molar-refractivity contribution is 0.0950. The number of hydrogen-bond donors (Lipinski definition) is 2. The molecule has 5 heteroatoms. The highest BCUT2D eigenvalue weighted by Gasteiger charge is 2.14. The van der Waals surface area contributed by atoms with E-state index in [0.29, 0.717) is 18.5 Å². The van der Waals surface area contributed by atoms with Crippen LogP contribution < -0.4 is 10.9 Å². The van der Waals surface area contributed by atoms with E-state index in [9.17, 15) is 9.59 Å². The predicted octanol–water partition coefficient (Wildman–Crippen LogP) is 3.86. The molecule has 0 unspecified atom stereocenters. The monoisotopic (exact) mass is 360 g/mol. The standard InChI is InChI=1S/C22H20N2O3/c1-13-7-8-19-17(11-13)16(14(2)24-19)9-10-23-21(25)18-12-15-5-3-4-6-20(15)27-22(18)26/h3-8,11-12,24H,9-10H2,1-2H3,(H,23,25). The Labute approximate surface area is 156 Å². The fourth-order valence-electron chi connectivity index (χ4n) is 3.43. The summed E-state index contributed by atoms with van der Waals surface area (Å²) < 4.78 is 5.23.